The molecule has 0 bridgehead atoms. The number of aldehydes is 1. The summed E-state index contributed by atoms with van der Waals surface area (Å²) in [5, 5.41) is -0.321. The lowest BCUT2D eigenvalue weighted by atomic mass is 10.1. The lowest BCUT2D eigenvalue weighted by Crippen LogP contribution is -2.48. The zero-order valence-corrected chi connectivity index (χ0v) is 8.45. The predicted molar refractivity (Wildman–Crippen MR) is 47.5 cm³/mol. The van der Waals surface area contributed by atoms with Crippen molar-refractivity contribution in [3.8, 4) is 0 Å². The van der Waals surface area contributed by atoms with Crippen molar-refractivity contribution >= 4 is 15.1 Å². The Morgan fingerprint density at radius 2 is 2.18 bits per heavy atom. The first-order valence-electron chi connectivity index (χ1n) is 4.31. The molecule has 1 heterocycles. The number of carbonyl (C=O) groups is 1. The molecule has 3 heteroatoms. The Hall–Kier alpha value is -0.153. The van der Waals surface area contributed by atoms with E-state index in [0.29, 0.717) is 0 Å². The van der Waals surface area contributed by atoms with Gasteiger partial charge in [-0.15, -0.1) is 0 Å². The zero-order valence-electron chi connectivity index (χ0n) is 7.30. The highest BCUT2D eigenvalue weighted by Crippen LogP contribution is 2.25. The van der Waals surface area contributed by atoms with Crippen molar-refractivity contribution in [2.75, 3.05) is 6.61 Å². The van der Waals surface area contributed by atoms with Gasteiger partial charge in [0.1, 0.15) is 11.5 Å². The van der Waals surface area contributed by atoms with Gasteiger partial charge in [-0.05, 0) is 19.3 Å². The van der Waals surface area contributed by atoms with Gasteiger partial charge in [0.2, 0.25) is 0 Å². The fourth-order valence-electron chi connectivity index (χ4n) is 1.52. The largest absolute Gasteiger partial charge is 0.372 e. The predicted octanol–water partition coefficient (Wildman–Crippen LogP) is 1.15. The molecule has 0 N–H and O–H groups in total. The Kier molecular flexibility index (Phi) is 2.84. The van der Waals surface area contributed by atoms with Gasteiger partial charge in [-0.25, -0.2) is 0 Å². The summed E-state index contributed by atoms with van der Waals surface area (Å²) < 4.78 is 5.57. The summed E-state index contributed by atoms with van der Waals surface area (Å²) in [7, 11) is -0.978. The van der Waals surface area contributed by atoms with E-state index in [-0.39, 0.29) is 5.22 Å². The van der Waals surface area contributed by atoms with Crippen LogP contribution < -0.4 is 0 Å². The molecule has 1 rings (SSSR count). The van der Waals surface area contributed by atoms with Crippen LogP contribution in [0.25, 0.3) is 0 Å². The van der Waals surface area contributed by atoms with Crippen molar-refractivity contribution in [2.24, 2.45) is 0 Å². The minimum atomic E-state index is -0.978. The summed E-state index contributed by atoms with van der Waals surface area (Å²) >= 11 is 0. The van der Waals surface area contributed by atoms with Crippen molar-refractivity contribution in [1.82, 2.24) is 0 Å². The maximum Gasteiger partial charge on any atom is 0.147 e. The Bertz CT molecular complexity index is 139. The van der Waals surface area contributed by atoms with E-state index in [0.717, 1.165) is 32.2 Å². The SMILES string of the molecule is C[SiH](C)C1(C=O)CCCCO1. The fourth-order valence-corrected chi connectivity index (χ4v) is 3.03. The van der Waals surface area contributed by atoms with Gasteiger partial charge in [0, 0.05) is 6.61 Å². The Balaban J connectivity index is 2.64. The molecule has 2 nitrogen and oxygen atoms in total. The number of carbonyl (C=O) groups excluding carboxylic acids is 1. The Morgan fingerprint density at radius 3 is 2.45 bits per heavy atom. The molecular formula is C8H16O2Si. The average molecular weight is 172 g/mol. The van der Waals surface area contributed by atoms with Crippen LogP contribution in [0.1, 0.15) is 19.3 Å². The zero-order chi connectivity index (χ0) is 8.32. The molecule has 1 saturated heterocycles. The molecule has 0 aromatic rings. The molecule has 0 spiro atoms. The van der Waals surface area contributed by atoms with Crippen LogP contribution in [-0.2, 0) is 9.53 Å². The van der Waals surface area contributed by atoms with Crippen molar-refractivity contribution in [3.05, 3.63) is 0 Å². The van der Waals surface area contributed by atoms with E-state index in [1.807, 2.05) is 0 Å². The second-order valence-electron chi connectivity index (χ2n) is 3.53. The molecule has 64 valence electrons. The number of rotatable bonds is 2. The van der Waals surface area contributed by atoms with Crippen LogP contribution in [0.2, 0.25) is 13.1 Å². The third kappa shape index (κ3) is 1.71. The summed E-state index contributed by atoms with van der Waals surface area (Å²) in [4.78, 5) is 10.8. The summed E-state index contributed by atoms with van der Waals surface area (Å²) in [5.41, 5.74) is 0. The van der Waals surface area contributed by atoms with Crippen molar-refractivity contribution in [2.45, 2.75) is 37.6 Å². The highest BCUT2D eigenvalue weighted by molar-refractivity contribution is 6.62. The van der Waals surface area contributed by atoms with E-state index in [4.69, 9.17) is 4.74 Å². The highest BCUT2D eigenvalue weighted by Gasteiger charge is 2.36. The van der Waals surface area contributed by atoms with Crippen molar-refractivity contribution in [3.63, 3.8) is 0 Å². The molecule has 0 aromatic carbocycles. The first kappa shape index (κ1) is 8.94. The van der Waals surface area contributed by atoms with Gasteiger partial charge in [-0.2, -0.15) is 0 Å². The fraction of sp³-hybridized carbons (Fsp3) is 0.875. The maximum atomic E-state index is 10.8. The first-order chi connectivity index (χ1) is 5.21. The number of hydrogen-bond donors (Lipinski definition) is 0. The maximum absolute atomic E-state index is 10.8. The molecule has 1 aliphatic rings. The number of hydrogen-bond acceptors (Lipinski definition) is 2. The van der Waals surface area contributed by atoms with Crippen molar-refractivity contribution in [1.29, 1.82) is 0 Å². The molecule has 0 aromatic heterocycles. The molecule has 1 unspecified atom stereocenters. The van der Waals surface area contributed by atoms with Gasteiger partial charge < -0.3 is 9.53 Å². The molecule has 1 atom stereocenters. The van der Waals surface area contributed by atoms with Crippen molar-refractivity contribution < 1.29 is 9.53 Å². The smallest absolute Gasteiger partial charge is 0.147 e. The summed E-state index contributed by atoms with van der Waals surface area (Å²) in [6, 6.07) is 0. The van der Waals surface area contributed by atoms with Gasteiger partial charge in [0.15, 0.2) is 0 Å². The Morgan fingerprint density at radius 1 is 1.45 bits per heavy atom. The molecule has 0 amide bonds. The van der Waals surface area contributed by atoms with Crippen LogP contribution in [0, 0.1) is 0 Å². The van der Waals surface area contributed by atoms with Gasteiger partial charge in [0.05, 0.1) is 8.80 Å². The normalized spacial score (nSPS) is 32.3. The topological polar surface area (TPSA) is 26.3 Å². The molecule has 11 heavy (non-hydrogen) atoms. The third-order valence-corrected chi connectivity index (χ3v) is 5.06. The first-order valence-corrected chi connectivity index (χ1v) is 7.20. The molecule has 0 radical (unpaired) electrons. The quantitative estimate of drug-likeness (QED) is 0.461. The summed E-state index contributed by atoms with van der Waals surface area (Å²) in [6.45, 7) is 5.14. The van der Waals surface area contributed by atoms with Crippen LogP contribution in [0.3, 0.4) is 0 Å². The van der Waals surface area contributed by atoms with Crippen LogP contribution in [-0.4, -0.2) is 26.9 Å². The van der Waals surface area contributed by atoms with Crippen LogP contribution >= 0.6 is 0 Å². The molecular weight excluding hydrogens is 156 g/mol. The van der Waals surface area contributed by atoms with E-state index in [1.54, 1.807) is 0 Å². The van der Waals surface area contributed by atoms with E-state index < -0.39 is 8.80 Å². The number of ether oxygens (including phenoxy) is 1. The minimum Gasteiger partial charge on any atom is -0.372 e. The van der Waals surface area contributed by atoms with E-state index in [2.05, 4.69) is 13.1 Å². The monoisotopic (exact) mass is 172 g/mol. The van der Waals surface area contributed by atoms with Gasteiger partial charge >= 0.3 is 0 Å². The van der Waals surface area contributed by atoms with Crippen LogP contribution in [0.15, 0.2) is 0 Å². The molecule has 1 aliphatic heterocycles. The highest BCUT2D eigenvalue weighted by atomic mass is 28.3. The molecule has 0 saturated carbocycles. The summed E-state index contributed by atoms with van der Waals surface area (Å²) in [5.74, 6) is 0. The van der Waals surface area contributed by atoms with Crippen LogP contribution in [0.4, 0.5) is 0 Å². The minimum absolute atomic E-state index is 0.321. The second-order valence-corrected chi connectivity index (χ2v) is 6.82. The Labute approximate surface area is 69.5 Å². The lowest BCUT2D eigenvalue weighted by Gasteiger charge is -2.35. The molecule has 1 fully saturated rings. The average Bonchev–Trinajstić information content (AvgIpc) is 2.05. The van der Waals surface area contributed by atoms with E-state index >= 15 is 0 Å². The second kappa shape index (κ2) is 3.50. The van der Waals surface area contributed by atoms with E-state index in [1.165, 1.54) is 0 Å². The van der Waals surface area contributed by atoms with Gasteiger partial charge in [-0.3, -0.25) is 0 Å². The van der Waals surface area contributed by atoms with E-state index in [9.17, 15) is 4.79 Å². The van der Waals surface area contributed by atoms with Gasteiger partial charge in [-0.1, -0.05) is 13.1 Å². The van der Waals surface area contributed by atoms with Gasteiger partial charge in [0.25, 0.3) is 0 Å². The van der Waals surface area contributed by atoms with Crippen LogP contribution in [0.5, 0.6) is 0 Å². The third-order valence-electron chi connectivity index (χ3n) is 2.51. The standard InChI is InChI=1S/C8H16O2Si/c1-11(2)8(7-9)5-3-4-6-10-8/h7,11H,3-6H2,1-2H3. The lowest BCUT2D eigenvalue weighted by molar-refractivity contribution is -0.126. The molecule has 0 aliphatic carbocycles. The summed E-state index contributed by atoms with van der Waals surface area (Å²) in [6.07, 6.45) is 4.28.